The first kappa shape index (κ1) is 44.4. The molecule has 3 aliphatic heterocycles. The Kier molecular flexibility index (Phi) is 13.3. The molecule has 3 saturated heterocycles. The molecule has 0 bridgehead atoms. The second-order valence-corrected chi connectivity index (χ2v) is 18.1. The minimum Gasteiger partial charge on any atom is -0.453 e. The molecule has 342 valence electrons. The summed E-state index contributed by atoms with van der Waals surface area (Å²) >= 11 is 0. The monoisotopic (exact) mass is 890 g/mol. The molecule has 66 heavy (non-hydrogen) atoms. The summed E-state index contributed by atoms with van der Waals surface area (Å²) in [6.45, 7) is 6.33. The number of carbonyl (C=O) groups excluding carboxylic acids is 4. The van der Waals surface area contributed by atoms with E-state index in [1.54, 1.807) is 0 Å². The number of likely N-dealkylation sites (tertiary alicyclic amines) is 2. The van der Waals surface area contributed by atoms with Crippen LogP contribution in [0.5, 0.6) is 0 Å². The van der Waals surface area contributed by atoms with Crippen molar-refractivity contribution in [2.24, 2.45) is 11.8 Å². The number of benzene rings is 4. The van der Waals surface area contributed by atoms with E-state index in [0.29, 0.717) is 32.7 Å². The number of methoxy groups -OCH3 is 1. The van der Waals surface area contributed by atoms with Crippen molar-refractivity contribution in [3.8, 4) is 33.6 Å². The van der Waals surface area contributed by atoms with E-state index >= 15 is 0 Å². The van der Waals surface area contributed by atoms with E-state index in [0.717, 1.165) is 100 Å². The fourth-order valence-electron chi connectivity index (χ4n) is 9.78. The molecule has 4 N–H and O–H groups in total. The van der Waals surface area contributed by atoms with Gasteiger partial charge in [-0.3, -0.25) is 14.4 Å². The molecule has 0 aliphatic carbocycles. The number of H-pyrrole nitrogens is 2. The number of hydrogen-bond acceptors (Lipinski definition) is 8. The molecular weight excluding hydrogens is 833 g/mol. The van der Waals surface area contributed by atoms with Crippen molar-refractivity contribution in [2.45, 2.75) is 83.0 Å². The van der Waals surface area contributed by atoms with Crippen molar-refractivity contribution in [3.63, 3.8) is 0 Å². The first-order valence-corrected chi connectivity index (χ1v) is 23.3. The Balaban J connectivity index is 0.858. The zero-order valence-corrected chi connectivity index (χ0v) is 37.8. The summed E-state index contributed by atoms with van der Waals surface area (Å²) in [5.74, 6) is 1.24. The largest absolute Gasteiger partial charge is 0.453 e. The number of imidazole rings is 2. The Morgan fingerprint density at radius 1 is 0.697 bits per heavy atom. The van der Waals surface area contributed by atoms with Crippen molar-refractivity contribution in [1.29, 1.82) is 0 Å². The summed E-state index contributed by atoms with van der Waals surface area (Å²) in [4.78, 5) is 73.5. The van der Waals surface area contributed by atoms with E-state index in [9.17, 15) is 19.2 Å². The number of nitrogens with zero attached hydrogens (tertiary/aromatic N) is 4. The minimum absolute atomic E-state index is 0.108. The van der Waals surface area contributed by atoms with Crippen LogP contribution in [0.25, 0.3) is 44.4 Å². The molecule has 14 nitrogen and oxygen atoms in total. The number of alkyl carbamates (subject to hydrolysis) is 1. The lowest BCUT2D eigenvalue weighted by Crippen LogP contribution is -2.51. The van der Waals surface area contributed by atoms with E-state index < -0.39 is 18.2 Å². The van der Waals surface area contributed by atoms with E-state index in [1.165, 1.54) is 7.11 Å². The third-order valence-electron chi connectivity index (χ3n) is 13.5. The molecule has 5 heterocycles. The second-order valence-electron chi connectivity index (χ2n) is 18.1. The highest BCUT2D eigenvalue weighted by molar-refractivity contribution is 5.91. The van der Waals surface area contributed by atoms with Crippen LogP contribution in [0.1, 0.15) is 94.1 Å². The molecule has 0 unspecified atom stereocenters. The van der Waals surface area contributed by atoms with Crippen molar-refractivity contribution in [3.05, 3.63) is 121 Å². The van der Waals surface area contributed by atoms with Gasteiger partial charge >= 0.3 is 6.09 Å². The number of hydrogen-bond donors (Lipinski definition) is 4. The minimum atomic E-state index is -0.778. The lowest BCUT2D eigenvalue weighted by Gasteiger charge is -2.30. The van der Waals surface area contributed by atoms with Crippen LogP contribution in [-0.2, 0) is 23.9 Å². The normalized spacial score (nSPS) is 18.7. The SMILES string of the molecule is COC(=O)N[C@H](C(=O)N1CCC[C@H]1c1ncc(-c2ccc3cc(-c4ccc(-c5cnc([C@@H]6CCCN6C(=O)[C@H](NC(=O)CC6CCOCC6)c6ccccc6)[nH]5)cc4)ccc3c2)[nH]1)C(C)C. The summed E-state index contributed by atoms with van der Waals surface area (Å²) in [6, 6.07) is 28.8. The third kappa shape index (κ3) is 9.60. The molecule has 2 aromatic heterocycles. The number of aromatic amines is 2. The Bertz CT molecular complexity index is 2670. The van der Waals surface area contributed by atoms with Gasteiger partial charge in [0.2, 0.25) is 17.7 Å². The zero-order chi connectivity index (χ0) is 45.7. The lowest BCUT2D eigenvalue weighted by molar-refractivity contribution is -0.138. The van der Waals surface area contributed by atoms with E-state index in [1.807, 2.05) is 66.4 Å². The Morgan fingerprint density at radius 3 is 1.88 bits per heavy atom. The summed E-state index contributed by atoms with van der Waals surface area (Å²) < 4.78 is 10.3. The highest BCUT2D eigenvalue weighted by Crippen LogP contribution is 2.36. The molecule has 3 aliphatic rings. The van der Waals surface area contributed by atoms with Gasteiger partial charge in [0.15, 0.2) is 0 Å². The highest BCUT2D eigenvalue weighted by Gasteiger charge is 2.39. The average molecular weight is 891 g/mol. The van der Waals surface area contributed by atoms with Crippen LogP contribution >= 0.6 is 0 Å². The maximum Gasteiger partial charge on any atom is 0.407 e. The number of amides is 4. The number of fused-ring (bicyclic) bond motifs is 1. The number of carbonyl (C=O) groups is 4. The van der Waals surface area contributed by atoms with Crippen LogP contribution in [0.4, 0.5) is 4.79 Å². The van der Waals surface area contributed by atoms with Crippen molar-refractivity contribution in [2.75, 3.05) is 33.4 Å². The third-order valence-corrected chi connectivity index (χ3v) is 13.5. The van der Waals surface area contributed by atoms with Gasteiger partial charge in [0.05, 0.1) is 43.0 Å². The summed E-state index contributed by atoms with van der Waals surface area (Å²) in [7, 11) is 1.29. The van der Waals surface area contributed by atoms with Crippen LogP contribution in [0.15, 0.2) is 103 Å². The maximum atomic E-state index is 14.3. The van der Waals surface area contributed by atoms with E-state index in [4.69, 9.17) is 19.4 Å². The van der Waals surface area contributed by atoms with Crippen LogP contribution < -0.4 is 10.6 Å². The fraction of sp³-hybridized carbons (Fsp3) is 0.385. The molecule has 4 amide bonds. The molecule has 9 rings (SSSR count). The van der Waals surface area contributed by atoms with Crippen molar-refractivity contribution < 1.29 is 28.7 Å². The topological polar surface area (TPSA) is 175 Å². The Hall–Kier alpha value is -6.80. The van der Waals surface area contributed by atoms with Gasteiger partial charge in [0, 0.05) is 38.3 Å². The van der Waals surface area contributed by atoms with Gasteiger partial charge in [-0.25, -0.2) is 14.8 Å². The molecule has 4 aromatic carbocycles. The number of aromatic nitrogens is 4. The van der Waals surface area contributed by atoms with Crippen LogP contribution in [0, 0.1) is 11.8 Å². The van der Waals surface area contributed by atoms with E-state index in [-0.39, 0.29) is 41.6 Å². The molecule has 0 spiro atoms. The van der Waals surface area contributed by atoms with Gasteiger partial charge < -0.3 is 39.9 Å². The Morgan fingerprint density at radius 2 is 1.26 bits per heavy atom. The van der Waals surface area contributed by atoms with Gasteiger partial charge in [-0.05, 0) is 95.5 Å². The Labute approximate surface area is 384 Å². The first-order chi connectivity index (χ1) is 32.1. The van der Waals surface area contributed by atoms with Crippen molar-refractivity contribution >= 4 is 34.6 Å². The van der Waals surface area contributed by atoms with Gasteiger partial charge in [-0.2, -0.15) is 0 Å². The maximum absolute atomic E-state index is 14.3. The van der Waals surface area contributed by atoms with E-state index in [2.05, 4.69) is 81.3 Å². The average Bonchev–Trinajstić information content (AvgIpc) is 4.20. The van der Waals surface area contributed by atoms with Gasteiger partial charge in [0.25, 0.3) is 0 Å². The molecule has 6 aromatic rings. The molecule has 3 fully saturated rings. The summed E-state index contributed by atoms with van der Waals surface area (Å²) in [5, 5.41) is 8.00. The fourth-order valence-corrected chi connectivity index (χ4v) is 9.78. The first-order valence-electron chi connectivity index (χ1n) is 23.3. The summed E-state index contributed by atoms with van der Waals surface area (Å²) in [6.07, 6.45) is 8.38. The van der Waals surface area contributed by atoms with Crippen molar-refractivity contribution in [1.82, 2.24) is 40.4 Å². The van der Waals surface area contributed by atoms with Crippen LogP contribution in [-0.4, -0.2) is 93.0 Å². The lowest BCUT2D eigenvalue weighted by atomic mass is 9.95. The molecule has 0 radical (unpaired) electrons. The predicted octanol–water partition coefficient (Wildman–Crippen LogP) is 8.67. The number of ether oxygens (including phenoxy) is 2. The molecule has 14 heteroatoms. The smallest absolute Gasteiger partial charge is 0.407 e. The van der Waals surface area contributed by atoms with Gasteiger partial charge in [-0.1, -0.05) is 92.7 Å². The highest BCUT2D eigenvalue weighted by atomic mass is 16.5. The van der Waals surface area contributed by atoms with Crippen LogP contribution in [0.2, 0.25) is 0 Å². The summed E-state index contributed by atoms with van der Waals surface area (Å²) in [5.41, 5.74) is 6.67. The zero-order valence-electron chi connectivity index (χ0n) is 37.8. The molecule has 0 saturated carbocycles. The predicted molar refractivity (Wildman–Crippen MR) is 252 cm³/mol. The standard InChI is InChI=1S/C52H58N8O6/c1-32(2)46(58-52(64)65-3)50(62)59-23-7-11-43(59)49-54-31-42(56-49)40-20-19-38-28-37(17-18-39(38)29-40)34-13-15-35(16-14-34)41-30-53-48(55-41)44-12-8-24-60(44)51(63)47(36-9-5-4-6-10-36)57-45(61)27-33-21-25-66-26-22-33/h4-6,9-10,13-20,28-33,43-44,46-47H,7-8,11-12,21-27H2,1-3H3,(H,53,55)(H,54,56)(H,57,61)(H,58,64)/t43-,44-,46-,47+/m0/s1. The number of nitrogens with one attached hydrogen (secondary N) is 4. The molecule has 4 atom stereocenters. The van der Waals surface area contributed by atoms with Gasteiger partial charge in [-0.15, -0.1) is 0 Å². The van der Waals surface area contributed by atoms with Crippen LogP contribution in [0.3, 0.4) is 0 Å². The van der Waals surface area contributed by atoms with Gasteiger partial charge in [0.1, 0.15) is 23.7 Å². The number of rotatable bonds is 13. The quantitative estimate of drug-likeness (QED) is 0.0891. The molecular formula is C52H58N8O6. The second kappa shape index (κ2) is 19.7.